The maximum atomic E-state index is 13.2. The second-order valence-electron chi connectivity index (χ2n) is 3.43. The molecule has 1 rings (SSSR count). The highest BCUT2D eigenvalue weighted by Gasteiger charge is 2.20. The van der Waals surface area contributed by atoms with Gasteiger partial charge in [-0.05, 0) is 18.1 Å². The van der Waals surface area contributed by atoms with Gasteiger partial charge in [-0.15, -0.1) is 0 Å². The molecule has 5 nitrogen and oxygen atoms in total. The molecule has 0 aromatic carbocycles. The highest BCUT2D eigenvalue weighted by Crippen LogP contribution is 2.09. The summed E-state index contributed by atoms with van der Waals surface area (Å²) < 4.78 is 38.5. The molecule has 1 aromatic heterocycles. The summed E-state index contributed by atoms with van der Waals surface area (Å²) in [5.41, 5.74) is 0. The molecular weight excluding hydrogens is 235 g/mol. The van der Waals surface area contributed by atoms with Gasteiger partial charge in [0.15, 0.2) is 5.82 Å². The summed E-state index contributed by atoms with van der Waals surface area (Å²) in [6.45, 7) is 1.55. The number of nitrogens with zero attached hydrogens (tertiary/aromatic N) is 1. The van der Waals surface area contributed by atoms with Crippen LogP contribution >= 0.6 is 0 Å². The molecule has 0 spiro atoms. The lowest BCUT2D eigenvalue weighted by Crippen LogP contribution is -2.30. The van der Waals surface area contributed by atoms with Crippen LogP contribution in [0, 0.1) is 11.7 Å². The summed E-state index contributed by atoms with van der Waals surface area (Å²) in [7, 11) is -3.94. The van der Waals surface area contributed by atoms with Crippen molar-refractivity contribution < 1.29 is 17.9 Å². The number of aromatic nitrogens is 1. The van der Waals surface area contributed by atoms with Crippen molar-refractivity contribution in [2.45, 2.75) is 11.9 Å². The fraction of sp³-hybridized carbons (Fsp3) is 0.444. The third-order valence-corrected chi connectivity index (χ3v) is 3.27. The van der Waals surface area contributed by atoms with E-state index in [0.29, 0.717) is 0 Å². The average molecular weight is 248 g/mol. The quantitative estimate of drug-likeness (QED) is 0.776. The first kappa shape index (κ1) is 13.0. The van der Waals surface area contributed by atoms with Gasteiger partial charge in [0.1, 0.15) is 0 Å². The van der Waals surface area contributed by atoms with E-state index in [1.54, 1.807) is 6.92 Å². The highest BCUT2D eigenvalue weighted by atomic mass is 32.2. The van der Waals surface area contributed by atoms with Crippen molar-refractivity contribution in [1.29, 1.82) is 0 Å². The molecule has 2 N–H and O–H groups in total. The van der Waals surface area contributed by atoms with Crippen LogP contribution in [0.2, 0.25) is 0 Å². The van der Waals surface area contributed by atoms with Crippen LogP contribution in [0.4, 0.5) is 4.39 Å². The first-order chi connectivity index (χ1) is 7.47. The van der Waals surface area contributed by atoms with Crippen LogP contribution in [0.25, 0.3) is 0 Å². The van der Waals surface area contributed by atoms with Crippen molar-refractivity contribution in [2.75, 3.05) is 13.2 Å². The molecule has 0 saturated carbocycles. The Morgan fingerprint density at radius 2 is 2.31 bits per heavy atom. The monoisotopic (exact) mass is 248 g/mol. The molecule has 16 heavy (non-hydrogen) atoms. The van der Waals surface area contributed by atoms with E-state index in [-0.39, 0.29) is 19.1 Å². The number of rotatable bonds is 5. The Hall–Kier alpha value is -1.05. The van der Waals surface area contributed by atoms with Crippen molar-refractivity contribution in [3.63, 3.8) is 0 Å². The van der Waals surface area contributed by atoms with Gasteiger partial charge < -0.3 is 5.11 Å². The minimum absolute atomic E-state index is 0.0366. The second-order valence-corrected chi connectivity index (χ2v) is 5.11. The van der Waals surface area contributed by atoms with Gasteiger partial charge in [-0.1, -0.05) is 6.92 Å². The molecule has 1 heterocycles. The van der Waals surface area contributed by atoms with Gasteiger partial charge in [0.25, 0.3) is 10.0 Å². The van der Waals surface area contributed by atoms with E-state index in [4.69, 9.17) is 5.11 Å². The minimum atomic E-state index is -3.94. The normalized spacial score (nSPS) is 13.7. The Bertz CT molecular complexity index is 450. The lowest BCUT2D eigenvalue weighted by atomic mass is 10.2. The van der Waals surface area contributed by atoms with Crippen molar-refractivity contribution in [1.82, 2.24) is 9.71 Å². The zero-order valence-electron chi connectivity index (χ0n) is 8.72. The molecule has 1 atom stereocenters. The molecule has 1 unspecified atom stereocenters. The Kier molecular flexibility index (Phi) is 4.34. The molecule has 0 aliphatic carbocycles. The van der Waals surface area contributed by atoms with Crippen LogP contribution < -0.4 is 4.72 Å². The van der Waals surface area contributed by atoms with Gasteiger partial charge in [-0.3, -0.25) is 0 Å². The SMILES string of the molecule is CC(CO)CNS(=O)(=O)c1ncccc1F. The zero-order valence-corrected chi connectivity index (χ0v) is 9.54. The van der Waals surface area contributed by atoms with Crippen molar-refractivity contribution in [2.24, 2.45) is 5.92 Å². The largest absolute Gasteiger partial charge is 0.396 e. The average Bonchev–Trinajstić information content (AvgIpc) is 2.26. The number of nitrogens with one attached hydrogen (secondary N) is 1. The topological polar surface area (TPSA) is 79.3 Å². The minimum Gasteiger partial charge on any atom is -0.396 e. The number of hydrogen-bond acceptors (Lipinski definition) is 4. The summed E-state index contributed by atoms with van der Waals surface area (Å²) >= 11 is 0. The summed E-state index contributed by atoms with van der Waals surface area (Å²) in [5, 5.41) is 8.11. The number of halogens is 1. The summed E-state index contributed by atoms with van der Waals surface area (Å²) in [6, 6.07) is 2.34. The van der Waals surface area contributed by atoms with Gasteiger partial charge in [-0.25, -0.2) is 22.5 Å². The molecule has 0 bridgehead atoms. The smallest absolute Gasteiger partial charge is 0.261 e. The molecule has 0 radical (unpaired) electrons. The molecule has 90 valence electrons. The molecule has 0 fully saturated rings. The van der Waals surface area contributed by atoms with E-state index < -0.39 is 20.9 Å². The summed E-state index contributed by atoms with van der Waals surface area (Å²) in [5.74, 6) is -1.13. The maximum Gasteiger partial charge on any atom is 0.261 e. The van der Waals surface area contributed by atoms with E-state index in [1.807, 2.05) is 0 Å². The number of sulfonamides is 1. The first-order valence-electron chi connectivity index (χ1n) is 4.68. The number of aliphatic hydroxyl groups excluding tert-OH is 1. The highest BCUT2D eigenvalue weighted by molar-refractivity contribution is 7.89. The molecule has 0 amide bonds. The van der Waals surface area contributed by atoms with E-state index in [1.165, 1.54) is 12.3 Å². The fourth-order valence-electron chi connectivity index (χ4n) is 0.954. The predicted octanol–water partition coefficient (Wildman–Crippen LogP) is 0.127. The number of hydrogen-bond donors (Lipinski definition) is 2. The van der Waals surface area contributed by atoms with Crippen molar-refractivity contribution in [3.8, 4) is 0 Å². The van der Waals surface area contributed by atoms with Gasteiger partial charge >= 0.3 is 0 Å². The molecule has 0 aliphatic rings. The van der Waals surface area contributed by atoms with Gasteiger partial charge in [-0.2, -0.15) is 0 Å². The Morgan fingerprint density at radius 1 is 1.62 bits per heavy atom. The standard InChI is InChI=1S/C9H13FN2O3S/c1-7(6-13)5-12-16(14,15)9-8(10)3-2-4-11-9/h2-4,7,12-13H,5-6H2,1H3. The number of aliphatic hydroxyl groups is 1. The zero-order chi connectivity index (χ0) is 12.2. The Labute approximate surface area is 93.4 Å². The lowest BCUT2D eigenvalue weighted by molar-refractivity contribution is 0.238. The first-order valence-corrected chi connectivity index (χ1v) is 6.16. The molecular formula is C9H13FN2O3S. The van der Waals surface area contributed by atoms with Gasteiger partial charge in [0, 0.05) is 19.3 Å². The third kappa shape index (κ3) is 3.22. The fourth-order valence-corrected chi connectivity index (χ4v) is 2.12. The van der Waals surface area contributed by atoms with E-state index in [9.17, 15) is 12.8 Å². The van der Waals surface area contributed by atoms with Crippen LogP contribution in [0.15, 0.2) is 23.4 Å². The van der Waals surface area contributed by atoms with E-state index >= 15 is 0 Å². The molecule has 7 heteroatoms. The summed E-state index contributed by atoms with van der Waals surface area (Å²) in [6.07, 6.45) is 1.20. The van der Waals surface area contributed by atoms with Crippen molar-refractivity contribution >= 4 is 10.0 Å². The summed E-state index contributed by atoms with van der Waals surface area (Å²) in [4.78, 5) is 3.47. The second kappa shape index (κ2) is 5.33. The lowest BCUT2D eigenvalue weighted by Gasteiger charge is -2.09. The van der Waals surface area contributed by atoms with E-state index in [2.05, 4.69) is 9.71 Å². The van der Waals surface area contributed by atoms with Crippen LogP contribution in [-0.4, -0.2) is 31.7 Å². The molecule has 0 aliphatic heterocycles. The maximum absolute atomic E-state index is 13.2. The van der Waals surface area contributed by atoms with Crippen LogP contribution in [-0.2, 0) is 10.0 Å². The Balaban J connectivity index is 2.83. The molecule has 1 aromatic rings. The molecule has 0 saturated heterocycles. The van der Waals surface area contributed by atoms with Crippen LogP contribution in [0.1, 0.15) is 6.92 Å². The van der Waals surface area contributed by atoms with E-state index in [0.717, 1.165) is 6.07 Å². The number of pyridine rings is 1. The van der Waals surface area contributed by atoms with Gasteiger partial charge in [0.05, 0.1) is 0 Å². The predicted molar refractivity (Wildman–Crippen MR) is 55.6 cm³/mol. The third-order valence-electron chi connectivity index (χ3n) is 1.91. The van der Waals surface area contributed by atoms with Gasteiger partial charge in [0.2, 0.25) is 5.03 Å². The van der Waals surface area contributed by atoms with Crippen LogP contribution in [0.3, 0.4) is 0 Å². The Morgan fingerprint density at radius 3 is 2.88 bits per heavy atom. The van der Waals surface area contributed by atoms with Crippen LogP contribution in [0.5, 0.6) is 0 Å². The van der Waals surface area contributed by atoms with Crippen molar-refractivity contribution in [3.05, 3.63) is 24.1 Å².